The third-order valence-electron chi connectivity index (χ3n) is 5.40. The Balaban J connectivity index is 1.21. The molecule has 0 aromatic heterocycles. The Bertz CT molecular complexity index is 730. The molecule has 2 aromatic rings. The molecule has 1 saturated heterocycles. The molecule has 5 nitrogen and oxygen atoms in total. The van der Waals surface area contributed by atoms with E-state index in [-0.39, 0.29) is 0 Å². The molecular weight excluding hydrogens is 340 g/mol. The fourth-order valence-corrected chi connectivity index (χ4v) is 3.81. The molecule has 1 fully saturated rings. The zero-order valence-corrected chi connectivity index (χ0v) is 15.7. The molecule has 1 atom stereocenters. The van der Waals surface area contributed by atoms with E-state index in [4.69, 9.17) is 9.47 Å². The highest BCUT2D eigenvalue weighted by Crippen LogP contribution is 2.33. The Morgan fingerprint density at radius 3 is 2.41 bits per heavy atom. The summed E-state index contributed by atoms with van der Waals surface area (Å²) in [5.41, 5.74) is 2.22. The van der Waals surface area contributed by atoms with Crippen LogP contribution in [0.4, 0.5) is 5.69 Å². The number of hydrogen-bond donors (Lipinski definition) is 1. The van der Waals surface area contributed by atoms with E-state index in [2.05, 4.69) is 40.1 Å². The van der Waals surface area contributed by atoms with Crippen LogP contribution in [0.25, 0.3) is 0 Å². The van der Waals surface area contributed by atoms with E-state index in [1.54, 1.807) is 0 Å². The van der Waals surface area contributed by atoms with E-state index < -0.39 is 6.10 Å². The van der Waals surface area contributed by atoms with Gasteiger partial charge in [0.2, 0.25) is 0 Å². The number of aliphatic hydroxyl groups is 1. The van der Waals surface area contributed by atoms with Crippen molar-refractivity contribution in [2.24, 2.45) is 0 Å². The Hall–Kier alpha value is -2.24. The minimum absolute atomic E-state index is 0.452. The van der Waals surface area contributed by atoms with Gasteiger partial charge in [0.15, 0.2) is 11.5 Å². The van der Waals surface area contributed by atoms with Gasteiger partial charge in [-0.25, -0.2) is 0 Å². The first-order chi connectivity index (χ1) is 13.3. The SMILES string of the molecule is OC(CCCN1CCN(c2ccccc2)CC1)c1ccc2c(c1)OCCO2. The first-order valence-electron chi connectivity index (χ1n) is 9.89. The smallest absolute Gasteiger partial charge is 0.161 e. The monoisotopic (exact) mass is 368 g/mol. The van der Waals surface area contributed by atoms with E-state index in [1.165, 1.54) is 5.69 Å². The molecule has 2 aliphatic rings. The fourth-order valence-electron chi connectivity index (χ4n) is 3.81. The zero-order valence-electron chi connectivity index (χ0n) is 15.7. The van der Waals surface area contributed by atoms with Crippen LogP contribution in [0.5, 0.6) is 11.5 Å². The molecule has 2 aromatic carbocycles. The predicted octanol–water partition coefficient (Wildman–Crippen LogP) is 3.09. The molecule has 2 heterocycles. The van der Waals surface area contributed by atoms with Crippen LogP contribution in [0.2, 0.25) is 0 Å². The van der Waals surface area contributed by atoms with E-state index in [0.29, 0.717) is 13.2 Å². The van der Waals surface area contributed by atoms with Gasteiger partial charge in [0.05, 0.1) is 6.10 Å². The number of piperazine rings is 1. The zero-order chi connectivity index (χ0) is 18.5. The van der Waals surface area contributed by atoms with Crippen molar-refractivity contribution in [2.75, 3.05) is 50.8 Å². The summed E-state index contributed by atoms with van der Waals surface area (Å²) in [6.45, 7) is 6.48. The predicted molar refractivity (Wildman–Crippen MR) is 107 cm³/mol. The summed E-state index contributed by atoms with van der Waals surface area (Å²) >= 11 is 0. The summed E-state index contributed by atoms with van der Waals surface area (Å²) in [4.78, 5) is 4.94. The Morgan fingerprint density at radius 1 is 0.889 bits per heavy atom. The summed E-state index contributed by atoms with van der Waals surface area (Å²) in [6, 6.07) is 16.4. The number of benzene rings is 2. The Morgan fingerprint density at radius 2 is 1.63 bits per heavy atom. The molecule has 0 bridgehead atoms. The number of nitrogens with zero attached hydrogens (tertiary/aromatic N) is 2. The molecule has 1 unspecified atom stereocenters. The standard InChI is InChI=1S/C22H28N2O3/c25-20(18-8-9-21-22(17-18)27-16-15-26-21)7-4-10-23-11-13-24(14-12-23)19-5-2-1-3-6-19/h1-3,5-6,8-9,17,20,25H,4,7,10-16H2. The van der Waals surface area contributed by atoms with Crippen LogP contribution in [-0.4, -0.2) is 55.9 Å². The molecule has 0 aliphatic carbocycles. The minimum Gasteiger partial charge on any atom is -0.486 e. The van der Waals surface area contributed by atoms with E-state index in [9.17, 15) is 5.11 Å². The van der Waals surface area contributed by atoms with E-state index in [0.717, 1.165) is 62.6 Å². The van der Waals surface area contributed by atoms with Crippen molar-refractivity contribution >= 4 is 5.69 Å². The number of para-hydroxylation sites is 1. The quantitative estimate of drug-likeness (QED) is 0.849. The Kier molecular flexibility index (Phi) is 5.80. The fraction of sp³-hybridized carbons (Fsp3) is 0.455. The number of rotatable bonds is 6. The van der Waals surface area contributed by atoms with Crippen molar-refractivity contribution < 1.29 is 14.6 Å². The first kappa shape index (κ1) is 18.1. The van der Waals surface area contributed by atoms with Gasteiger partial charge >= 0.3 is 0 Å². The van der Waals surface area contributed by atoms with Crippen molar-refractivity contribution in [1.82, 2.24) is 4.90 Å². The lowest BCUT2D eigenvalue weighted by molar-refractivity contribution is 0.150. The number of hydrogen-bond acceptors (Lipinski definition) is 5. The van der Waals surface area contributed by atoms with Gasteiger partial charge in [-0.2, -0.15) is 0 Å². The first-order valence-corrected chi connectivity index (χ1v) is 9.89. The molecule has 0 radical (unpaired) electrons. The van der Waals surface area contributed by atoms with Crippen molar-refractivity contribution in [3.05, 3.63) is 54.1 Å². The lowest BCUT2D eigenvalue weighted by Crippen LogP contribution is -2.46. The summed E-state index contributed by atoms with van der Waals surface area (Å²) in [5.74, 6) is 1.52. The third-order valence-corrected chi connectivity index (χ3v) is 5.40. The molecule has 4 rings (SSSR count). The van der Waals surface area contributed by atoms with E-state index >= 15 is 0 Å². The molecule has 1 N–H and O–H groups in total. The molecule has 144 valence electrons. The number of ether oxygens (including phenoxy) is 2. The lowest BCUT2D eigenvalue weighted by atomic mass is 10.0. The molecule has 0 amide bonds. The third kappa shape index (κ3) is 4.54. The van der Waals surface area contributed by atoms with Crippen LogP contribution in [0.3, 0.4) is 0 Å². The van der Waals surface area contributed by atoms with Gasteiger partial charge < -0.3 is 19.5 Å². The second-order valence-electron chi connectivity index (χ2n) is 7.23. The van der Waals surface area contributed by atoms with Gasteiger partial charge in [-0.3, -0.25) is 4.90 Å². The second-order valence-corrected chi connectivity index (χ2v) is 7.23. The highest BCUT2D eigenvalue weighted by molar-refractivity contribution is 5.46. The minimum atomic E-state index is -0.452. The maximum absolute atomic E-state index is 10.5. The highest BCUT2D eigenvalue weighted by atomic mass is 16.6. The average molecular weight is 368 g/mol. The van der Waals surface area contributed by atoms with Gasteiger partial charge in [-0.15, -0.1) is 0 Å². The van der Waals surface area contributed by atoms with Crippen LogP contribution < -0.4 is 14.4 Å². The molecule has 0 saturated carbocycles. The molecular formula is C22H28N2O3. The molecule has 27 heavy (non-hydrogen) atoms. The van der Waals surface area contributed by atoms with Crippen LogP contribution in [0, 0.1) is 0 Å². The number of aliphatic hydroxyl groups excluding tert-OH is 1. The Labute approximate surface area is 161 Å². The van der Waals surface area contributed by atoms with Gasteiger partial charge in [-0.05, 0) is 49.2 Å². The lowest BCUT2D eigenvalue weighted by Gasteiger charge is -2.36. The topological polar surface area (TPSA) is 45.2 Å². The van der Waals surface area contributed by atoms with Crippen molar-refractivity contribution in [1.29, 1.82) is 0 Å². The molecule has 5 heteroatoms. The normalized spacial score (nSPS) is 18.3. The van der Waals surface area contributed by atoms with Gasteiger partial charge in [0, 0.05) is 31.9 Å². The number of fused-ring (bicyclic) bond motifs is 1. The summed E-state index contributed by atoms with van der Waals surface area (Å²) < 4.78 is 11.2. The van der Waals surface area contributed by atoms with E-state index in [1.807, 2.05) is 18.2 Å². The van der Waals surface area contributed by atoms with Crippen LogP contribution in [-0.2, 0) is 0 Å². The second kappa shape index (κ2) is 8.63. The summed E-state index contributed by atoms with van der Waals surface area (Å²) in [7, 11) is 0. The largest absolute Gasteiger partial charge is 0.486 e. The van der Waals surface area contributed by atoms with Gasteiger partial charge in [-0.1, -0.05) is 24.3 Å². The van der Waals surface area contributed by atoms with Crippen LogP contribution in [0.1, 0.15) is 24.5 Å². The maximum Gasteiger partial charge on any atom is 0.161 e. The summed E-state index contributed by atoms with van der Waals surface area (Å²) in [6.07, 6.45) is 1.30. The number of anilines is 1. The molecule has 0 spiro atoms. The van der Waals surface area contributed by atoms with Crippen molar-refractivity contribution in [2.45, 2.75) is 18.9 Å². The van der Waals surface area contributed by atoms with Crippen LogP contribution in [0.15, 0.2) is 48.5 Å². The van der Waals surface area contributed by atoms with Gasteiger partial charge in [0.1, 0.15) is 13.2 Å². The average Bonchev–Trinajstić information content (AvgIpc) is 2.74. The maximum atomic E-state index is 10.5. The van der Waals surface area contributed by atoms with Crippen molar-refractivity contribution in [3.8, 4) is 11.5 Å². The summed E-state index contributed by atoms with van der Waals surface area (Å²) in [5, 5.41) is 10.5. The highest BCUT2D eigenvalue weighted by Gasteiger charge is 2.18. The van der Waals surface area contributed by atoms with Gasteiger partial charge in [0.25, 0.3) is 0 Å². The van der Waals surface area contributed by atoms with Crippen molar-refractivity contribution in [3.63, 3.8) is 0 Å². The van der Waals surface area contributed by atoms with Crippen LogP contribution >= 0.6 is 0 Å². The molecule has 2 aliphatic heterocycles.